The van der Waals surface area contributed by atoms with E-state index in [1.807, 2.05) is 32.3 Å². The second-order valence-electron chi connectivity index (χ2n) is 7.22. The lowest BCUT2D eigenvalue weighted by atomic mass is 9.73. The Morgan fingerprint density at radius 2 is 1.64 bits per heavy atom. The van der Waals surface area contributed by atoms with Gasteiger partial charge in [0.25, 0.3) is 0 Å². The van der Waals surface area contributed by atoms with Crippen LogP contribution in [0.5, 0.6) is 0 Å². The number of hydrogen-bond donors (Lipinski definition) is 1. The Bertz CT molecular complexity index is 1060. The molecule has 2 aromatic carbocycles. The highest BCUT2D eigenvalue weighted by Gasteiger charge is 2.34. The fraction of sp³-hybridized carbons (Fsp3) is 0.240. The first-order chi connectivity index (χ1) is 13.7. The molecule has 0 aliphatic heterocycles. The minimum atomic E-state index is -0.124. The first-order valence-corrected chi connectivity index (χ1v) is 10.2. The van der Waals surface area contributed by atoms with Crippen molar-refractivity contribution < 1.29 is 0 Å². The molecule has 5 rings (SSSR count). The minimum absolute atomic E-state index is 0.124. The molecule has 142 valence electrons. The monoisotopic (exact) mass is 369 g/mol. The topological polar surface area (TPSA) is 43.8 Å². The quantitative estimate of drug-likeness (QED) is 0.477. The highest BCUT2D eigenvalue weighted by atomic mass is 15.0. The van der Waals surface area contributed by atoms with Gasteiger partial charge in [-0.3, -0.25) is 4.98 Å². The molecule has 0 amide bonds. The number of pyridine rings is 1. The van der Waals surface area contributed by atoms with Gasteiger partial charge in [-0.25, -0.2) is 0 Å². The van der Waals surface area contributed by atoms with Crippen LogP contribution in [-0.2, 0) is 5.54 Å². The van der Waals surface area contributed by atoms with Crippen molar-refractivity contribution in [3.8, 4) is 16.9 Å². The van der Waals surface area contributed by atoms with Gasteiger partial charge in [-0.15, -0.1) is 0 Å². The van der Waals surface area contributed by atoms with Crippen molar-refractivity contribution in [1.82, 2.24) is 9.55 Å². The molecule has 1 saturated carbocycles. The van der Waals surface area contributed by atoms with Crippen LogP contribution in [-0.4, -0.2) is 9.55 Å². The zero-order chi connectivity index (χ0) is 19.6. The number of nitrogens with zero attached hydrogens (tertiary/aromatic N) is 2. The molecule has 0 atom stereocenters. The summed E-state index contributed by atoms with van der Waals surface area (Å²) in [5.74, 6) is 0. The molecule has 28 heavy (non-hydrogen) atoms. The van der Waals surface area contributed by atoms with Crippen molar-refractivity contribution in [3.05, 3.63) is 84.7 Å². The molecule has 0 saturated heterocycles. The van der Waals surface area contributed by atoms with E-state index < -0.39 is 0 Å². The highest BCUT2D eigenvalue weighted by molar-refractivity contribution is 5.88. The zero-order valence-corrected chi connectivity index (χ0v) is 16.6. The Labute approximate surface area is 166 Å². The second kappa shape index (κ2) is 7.61. The maximum atomic E-state index is 6.49. The molecule has 2 N–H and O–H groups in total. The molecule has 1 aliphatic carbocycles. The van der Waals surface area contributed by atoms with Crippen molar-refractivity contribution in [1.29, 1.82) is 0 Å². The summed E-state index contributed by atoms with van der Waals surface area (Å²) in [6, 6.07) is 23.5. The van der Waals surface area contributed by atoms with E-state index in [9.17, 15) is 0 Å². The number of aromatic nitrogens is 2. The number of hydrogen-bond acceptors (Lipinski definition) is 2. The van der Waals surface area contributed by atoms with Crippen molar-refractivity contribution in [2.75, 3.05) is 0 Å². The average molecular weight is 370 g/mol. The van der Waals surface area contributed by atoms with E-state index in [1.165, 1.54) is 28.6 Å². The van der Waals surface area contributed by atoms with Crippen LogP contribution in [0.25, 0.3) is 27.8 Å². The molecule has 0 spiro atoms. The fourth-order valence-corrected chi connectivity index (χ4v) is 3.94. The van der Waals surface area contributed by atoms with Gasteiger partial charge in [0.05, 0.1) is 17.4 Å². The number of benzene rings is 2. The van der Waals surface area contributed by atoms with Gasteiger partial charge in [0.2, 0.25) is 0 Å². The summed E-state index contributed by atoms with van der Waals surface area (Å²) in [5, 5.41) is 1.19. The molecule has 1 fully saturated rings. The number of rotatable bonds is 3. The van der Waals surface area contributed by atoms with Gasteiger partial charge in [0, 0.05) is 22.8 Å². The molecule has 2 aromatic heterocycles. The smallest absolute Gasteiger partial charge is 0.0718 e. The van der Waals surface area contributed by atoms with E-state index in [-0.39, 0.29) is 5.54 Å². The minimum Gasteiger partial charge on any atom is -0.321 e. The van der Waals surface area contributed by atoms with Crippen LogP contribution in [0, 0.1) is 0 Å². The van der Waals surface area contributed by atoms with Crippen molar-refractivity contribution in [3.63, 3.8) is 0 Å². The molecule has 0 unspecified atom stereocenters. The van der Waals surface area contributed by atoms with Gasteiger partial charge in [-0.2, -0.15) is 0 Å². The normalized spacial score (nSPS) is 14.8. The van der Waals surface area contributed by atoms with E-state index in [1.54, 1.807) is 0 Å². The second-order valence-corrected chi connectivity index (χ2v) is 7.22. The fourth-order valence-electron chi connectivity index (χ4n) is 3.94. The standard InChI is InChI=1S/C23H21N3.C2H6/c24-23(12-4-13-23)19-7-9-20(10-8-19)26-21(17-5-2-1-3-6-17)15-18-11-14-25-16-22(18)26;1-2/h1-3,5-11,14-16H,4,12-13,24H2;1-2H3. The molecule has 3 heteroatoms. The van der Waals surface area contributed by atoms with E-state index in [0.717, 1.165) is 24.0 Å². The van der Waals surface area contributed by atoms with Crippen LogP contribution < -0.4 is 5.73 Å². The van der Waals surface area contributed by atoms with Crippen LogP contribution in [0.1, 0.15) is 38.7 Å². The van der Waals surface area contributed by atoms with Gasteiger partial charge >= 0.3 is 0 Å². The number of fused-ring (bicyclic) bond motifs is 1. The third kappa shape index (κ3) is 3.12. The van der Waals surface area contributed by atoms with Crippen LogP contribution in [0.15, 0.2) is 79.1 Å². The molecule has 0 bridgehead atoms. The number of nitrogens with two attached hydrogens (primary N) is 1. The molecule has 3 nitrogen and oxygen atoms in total. The van der Waals surface area contributed by atoms with Gasteiger partial charge in [-0.05, 0) is 54.7 Å². The molecular weight excluding hydrogens is 342 g/mol. The van der Waals surface area contributed by atoms with Crippen LogP contribution in [0.2, 0.25) is 0 Å². The average Bonchev–Trinajstić information content (AvgIpc) is 3.14. The lowest BCUT2D eigenvalue weighted by Crippen LogP contribution is -2.43. The zero-order valence-electron chi connectivity index (χ0n) is 16.6. The first kappa shape index (κ1) is 18.5. The van der Waals surface area contributed by atoms with Gasteiger partial charge < -0.3 is 10.3 Å². The van der Waals surface area contributed by atoms with Crippen molar-refractivity contribution in [2.24, 2.45) is 5.73 Å². The largest absolute Gasteiger partial charge is 0.321 e. The summed E-state index contributed by atoms with van der Waals surface area (Å²) in [7, 11) is 0. The Kier molecular flexibility index (Phi) is 5.01. The van der Waals surface area contributed by atoms with Gasteiger partial charge in [0.15, 0.2) is 0 Å². The van der Waals surface area contributed by atoms with Crippen molar-refractivity contribution >= 4 is 10.9 Å². The summed E-state index contributed by atoms with van der Waals surface area (Å²) in [4.78, 5) is 4.34. The SMILES string of the molecule is CC.NC1(c2ccc(-n3c(-c4ccccc4)cc4ccncc43)cc2)CCC1. The molecule has 4 aromatic rings. The lowest BCUT2D eigenvalue weighted by Gasteiger charge is -2.38. The van der Waals surface area contributed by atoms with Crippen molar-refractivity contribution in [2.45, 2.75) is 38.6 Å². The predicted octanol–water partition coefficient (Wildman–Crippen LogP) is 6.06. The van der Waals surface area contributed by atoms with E-state index >= 15 is 0 Å². The maximum Gasteiger partial charge on any atom is 0.0718 e. The summed E-state index contributed by atoms with van der Waals surface area (Å²) in [6.45, 7) is 4.00. The molecular formula is C25H27N3. The third-order valence-electron chi connectivity index (χ3n) is 5.62. The maximum absolute atomic E-state index is 6.49. The van der Waals surface area contributed by atoms with E-state index in [2.05, 4.69) is 70.2 Å². The molecule has 0 radical (unpaired) electrons. The summed E-state index contributed by atoms with van der Waals surface area (Å²) >= 11 is 0. The van der Waals surface area contributed by atoms with Crippen LogP contribution in [0.3, 0.4) is 0 Å². The lowest BCUT2D eigenvalue weighted by molar-refractivity contribution is 0.253. The highest BCUT2D eigenvalue weighted by Crippen LogP contribution is 2.39. The summed E-state index contributed by atoms with van der Waals surface area (Å²) in [6.07, 6.45) is 7.17. The van der Waals surface area contributed by atoms with Gasteiger partial charge in [0.1, 0.15) is 0 Å². The predicted molar refractivity (Wildman–Crippen MR) is 118 cm³/mol. The van der Waals surface area contributed by atoms with Crippen LogP contribution in [0.4, 0.5) is 0 Å². The summed E-state index contributed by atoms with van der Waals surface area (Å²) < 4.78 is 2.28. The van der Waals surface area contributed by atoms with E-state index in [0.29, 0.717) is 0 Å². The Morgan fingerprint density at radius 3 is 2.29 bits per heavy atom. The molecule has 2 heterocycles. The summed E-state index contributed by atoms with van der Waals surface area (Å²) in [5.41, 5.74) is 12.2. The third-order valence-corrected chi connectivity index (χ3v) is 5.62. The van der Waals surface area contributed by atoms with Gasteiger partial charge in [-0.1, -0.05) is 56.3 Å². The first-order valence-electron chi connectivity index (χ1n) is 10.2. The Hall–Kier alpha value is -2.91. The molecule has 1 aliphatic rings. The van der Waals surface area contributed by atoms with Crippen LogP contribution >= 0.6 is 0 Å². The van der Waals surface area contributed by atoms with E-state index in [4.69, 9.17) is 5.73 Å². The Balaban J connectivity index is 0.000000932. The Morgan fingerprint density at radius 1 is 0.929 bits per heavy atom.